The molecular formula is C16H16O8. The fraction of sp³-hybridized carbons (Fsp3) is 0.375. The number of phenols is 1. The molecule has 3 rings (SSSR count). The smallest absolute Gasteiger partial charge is 0.196 e. The van der Waals surface area contributed by atoms with Crippen LogP contribution >= 0.6 is 0 Å². The van der Waals surface area contributed by atoms with Crippen molar-refractivity contribution >= 4 is 11.6 Å². The molecular weight excluding hydrogens is 320 g/mol. The summed E-state index contributed by atoms with van der Waals surface area (Å²) in [6.07, 6.45) is -5.65. The highest BCUT2D eigenvalue weighted by atomic mass is 16.5. The second-order valence-electron chi connectivity index (χ2n) is 6.07. The van der Waals surface area contributed by atoms with Gasteiger partial charge in [-0.3, -0.25) is 9.59 Å². The molecule has 5 N–H and O–H groups in total. The van der Waals surface area contributed by atoms with Gasteiger partial charge in [-0.05, 0) is 13.0 Å². The molecule has 1 aromatic rings. The van der Waals surface area contributed by atoms with Crippen molar-refractivity contribution in [2.24, 2.45) is 0 Å². The number of aromatic hydroxyl groups is 1. The highest BCUT2D eigenvalue weighted by Gasteiger charge is 2.55. The standard InChI is InChI=1S/C16H16O8/c1-16(23)14(21)10-9(13(20)15(16)22)12(19)8-6(11(10)18)3-5(24-2)4-7(8)17/h3-4,13-15,17,20-23H,1-2H3/t13?,14-,15-,16+/m0/s1. The van der Waals surface area contributed by atoms with Gasteiger partial charge in [0, 0.05) is 22.8 Å². The quantitative estimate of drug-likeness (QED) is 0.436. The molecule has 0 aliphatic heterocycles. The number of ether oxygens (including phenoxy) is 1. The van der Waals surface area contributed by atoms with Crippen molar-refractivity contribution in [1.82, 2.24) is 0 Å². The molecule has 0 spiro atoms. The van der Waals surface area contributed by atoms with E-state index in [9.17, 15) is 35.1 Å². The second-order valence-corrected chi connectivity index (χ2v) is 6.07. The Kier molecular flexibility index (Phi) is 3.54. The predicted molar refractivity (Wildman–Crippen MR) is 79.0 cm³/mol. The first kappa shape index (κ1) is 16.6. The van der Waals surface area contributed by atoms with E-state index < -0.39 is 52.4 Å². The molecule has 24 heavy (non-hydrogen) atoms. The van der Waals surface area contributed by atoms with Crippen LogP contribution in [0.5, 0.6) is 11.5 Å². The van der Waals surface area contributed by atoms with Gasteiger partial charge in [0.05, 0.1) is 12.7 Å². The highest BCUT2D eigenvalue weighted by molar-refractivity contribution is 6.29. The molecule has 0 saturated heterocycles. The van der Waals surface area contributed by atoms with E-state index in [0.29, 0.717) is 0 Å². The van der Waals surface area contributed by atoms with Gasteiger partial charge in [-0.15, -0.1) is 0 Å². The highest BCUT2D eigenvalue weighted by Crippen LogP contribution is 2.43. The molecule has 0 fully saturated rings. The summed E-state index contributed by atoms with van der Waals surface area (Å²) in [5, 5.41) is 50.7. The summed E-state index contributed by atoms with van der Waals surface area (Å²) in [6, 6.07) is 2.35. The number of hydrogen-bond donors (Lipinski definition) is 5. The molecule has 2 aliphatic rings. The molecule has 0 heterocycles. The Morgan fingerprint density at radius 1 is 1.08 bits per heavy atom. The van der Waals surface area contributed by atoms with E-state index >= 15 is 0 Å². The first-order chi connectivity index (χ1) is 11.1. The van der Waals surface area contributed by atoms with Crippen LogP contribution in [0.25, 0.3) is 0 Å². The maximum atomic E-state index is 12.7. The Labute approximate surface area is 136 Å². The fourth-order valence-electron chi connectivity index (χ4n) is 3.16. The van der Waals surface area contributed by atoms with Crippen molar-refractivity contribution in [2.75, 3.05) is 7.11 Å². The minimum Gasteiger partial charge on any atom is -0.507 e. The number of rotatable bonds is 1. The maximum absolute atomic E-state index is 12.7. The lowest BCUT2D eigenvalue weighted by Gasteiger charge is -2.43. The average Bonchev–Trinajstić information content (AvgIpc) is 2.53. The lowest BCUT2D eigenvalue weighted by atomic mass is 9.68. The first-order valence-electron chi connectivity index (χ1n) is 7.14. The first-order valence-corrected chi connectivity index (χ1v) is 7.14. The summed E-state index contributed by atoms with van der Waals surface area (Å²) >= 11 is 0. The molecule has 0 amide bonds. The number of carbonyl (C=O) groups excluding carboxylic acids is 2. The summed E-state index contributed by atoms with van der Waals surface area (Å²) < 4.78 is 4.95. The van der Waals surface area contributed by atoms with E-state index in [-0.39, 0.29) is 16.9 Å². The fourth-order valence-corrected chi connectivity index (χ4v) is 3.16. The minimum atomic E-state index is -2.23. The summed E-state index contributed by atoms with van der Waals surface area (Å²) in [6.45, 7) is 1.05. The maximum Gasteiger partial charge on any atom is 0.196 e. The third-order valence-corrected chi connectivity index (χ3v) is 4.60. The normalized spacial score (nSPS) is 32.5. The minimum absolute atomic E-state index is 0.120. The molecule has 8 nitrogen and oxygen atoms in total. The topological polar surface area (TPSA) is 145 Å². The molecule has 2 aliphatic carbocycles. The van der Waals surface area contributed by atoms with Crippen LogP contribution in [0.3, 0.4) is 0 Å². The molecule has 1 aromatic carbocycles. The monoisotopic (exact) mass is 336 g/mol. The molecule has 0 aromatic heterocycles. The number of Topliss-reactive ketones (excluding diaryl/α,β-unsaturated/α-hetero) is 2. The van der Waals surface area contributed by atoms with E-state index in [4.69, 9.17) is 4.74 Å². The Hall–Kier alpha value is -2.26. The summed E-state index contributed by atoms with van der Waals surface area (Å²) in [7, 11) is 1.31. The third kappa shape index (κ3) is 1.94. The molecule has 1 unspecified atom stereocenters. The van der Waals surface area contributed by atoms with Gasteiger partial charge in [0.15, 0.2) is 11.6 Å². The van der Waals surface area contributed by atoms with E-state index in [1.807, 2.05) is 0 Å². The molecule has 128 valence electrons. The van der Waals surface area contributed by atoms with Crippen LogP contribution in [0.2, 0.25) is 0 Å². The van der Waals surface area contributed by atoms with Crippen LogP contribution in [-0.4, -0.2) is 68.1 Å². The van der Waals surface area contributed by atoms with Gasteiger partial charge >= 0.3 is 0 Å². The van der Waals surface area contributed by atoms with Crippen molar-refractivity contribution in [1.29, 1.82) is 0 Å². The van der Waals surface area contributed by atoms with Crippen molar-refractivity contribution < 1.29 is 39.9 Å². The van der Waals surface area contributed by atoms with E-state index in [0.717, 1.165) is 13.0 Å². The molecule has 0 saturated carbocycles. The van der Waals surface area contributed by atoms with Crippen LogP contribution in [0.1, 0.15) is 27.6 Å². The molecule has 0 radical (unpaired) electrons. The Balaban J connectivity index is 2.29. The average molecular weight is 336 g/mol. The van der Waals surface area contributed by atoms with Gasteiger partial charge in [-0.25, -0.2) is 0 Å². The number of ketones is 2. The number of aliphatic hydroxyl groups is 4. The molecule has 4 atom stereocenters. The number of phenolic OH excluding ortho intramolecular Hbond substituents is 1. The number of fused-ring (bicyclic) bond motifs is 1. The van der Waals surface area contributed by atoms with Gasteiger partial charge in [0.2, 0.25) is 0 Å². The number of aliphatic hydroxyl groups excluding tert-OH is 3. The van der Waals surface area contributed by atoms with Gasteiger partial charge in [0.1, 0.15) is 35.4 Å². The Bertz CT molecular complexity index is 792. The zero-order valence-corrected chi connectivity index (χ0v) is 12.8. The van der Waals surface area contributed by atoms with Gasteiger partial charge in [-0.1, -0.05) is 0 Å². The van der Waals surface area contributed by atoms with Crippen LogP contribution in [0.15, 0.2) is 23.3 Å². The summed E-state index contributed by atoms with van der Waals surface area (Å²) in [4.78, 5) is 25.4. The Morgan fingerprint density at radius 3 is 2.29 bits per heavy atom. The largest absolute Gasteiger partial charge is 0.507 e. The number of hydrogen-bond acceptors (Lipinski definition) is 8. The van der Waals surface area contributed by atoms with Crippen molar-refractivity contribution in [3.8, 4) is 11.5 Å². The predicted octanol–water partition coefficient (Wildman–Crippen LogP) is -1.08. The number of benzene rings is 1. The van der Waals surface area contributed by atoms with Gasteiger partial charge in [0.25, 0.3) is 0 Å². The molecule has 8 heteroatoms. The van der Waals surface area contributed by atoms with Gasteiger partial charge < -0.3 is 30.3 Å². The van der Waals surface area contributed by atoms with Crippen molar-refractivity contribution in [3.63, 3.8) is 0 Å². The van der Waals surface area contributed by atoms with Gasteiger partial charge in [-0.2, -0.15) is 0 Å². The zero-order valence-electron chi connectivity index (χ0n) is 12.8. The van der Waals surface area contributed by atoms with E-state index in [1.165, 1.54) is 13.2 Å². The zero-order chi connectivity index (χ0) is 18.0. The van der Waals surface area contributed by atoms with Crippen LogP contribution in [0.4, 0.5) is 0 Å². The van der Waals surface area contributed by atoms with Crippen molar-refractivity contribution in [3.05, 3.63) is 34.4 Å². The summed E-state index contributed by atoms with van der Waals surface area (Å²) in [5.41, 5.74) is -3.82. The number of methoxy groups -OCH3 is 1. The lowest BCUT2D eigenvalue weighted by Crippen LogP contribution is -2.61. The Morgan fingerprint density at radius 2 is 1.71 bits per heavy atom. The van der Waals surface area contributed by atoms with E-state index in [1.54, 1.807) is 0 Å². The third-order valence-electron chi connectivity index (χ3n) is 4.60. The van der Waals surface area contributed by atoms with E-state index in [2.05, 4.69) is 0 Å². The SMILES string of the molecule is COc1cc(O)c2c(c1)C(=O)C1=C(C2=O)C(O)[C@H](O)[C@](C)(O)[C@H]1O. The van der Waals surface area contributed by atoms with Crippen LogP contribution in [0, 0.1) is 0 Å². The van der Waals surface area contributed by atoms with Crippen LogP contribution in [-0.2, 0) is 0 Å². The number of carbonyl (C=O) groups is 2. The van der Waals surface area contributed by atoms with Crippen molar-refractivity contribution in [2.45, 2.75) is 30.8 Å². The van der Waals surface area contributed by atoms with Crippen LogP contribution < -0.4 is 4.74 Å². The molecule has 0 bridgehead atoms. The summed E-state index contributed by atoms with van der Waals surface area (Å²) in [5.74, 6) is -2.15. The second kappa shape index (κ2) is 5.12. The lowest BCUT2D eigenvalue weighted by molar-refractivity contribution is -0.158.